The van der Waals surface area contributed by atoms with E-state index in [1.165, 1.54) is 17.8 Å². The van der Waals surface area contributed by atoms with E-state index in [0.29, 0.717) is 18.7 Å². The molecule has 138 valence electrons. The van der Waals surface area contributed by atoms with Crippen LogP contribution >= 0.6 is 0 Å². The number of hydrogen-bond acceptors (Lipinski definition) is 4. The van der Waals surface area contributed by atoms with Gasteiger partial charge in [-0.05, 0) is 24.3 Å². The van der Waals surface area contributed by atoms with Crippen LogP contribution in [0.15, 0.2) is 72.8 Å². The van der Waals surface area contributed by atoms with Gasteiger partial charge in [0.25, 0.3) is 5.69 Å². The second-order valence-corrected chi connectivity index (χ2v) is 6.18. The molecule has 0 bridgehead atoms. The summed E-state index contributed by atoms with van der Waals surface area (Å²) in [7, 11) is 0. The third kappa shape index (κ3) is 4.82. The fourth-order valence-corrected chi connectivity index (χ4v) is 3.02. The van der Waals surface area contributed by atoms with Gasteiger partial charge in [-0.1, -0.05) is 42.5 Å². The first-order valence-electron chi connectivity index (χ1n) is 8.82. The van der Waals surface area contributed by atoms with Crippen LogP contribution in [0.2, 0.25) is 0 Å². The number of anilines is 1. The average Bonchev–Trinajstić information content (AvgIpc) is 2.72. The maximum Gasteiger partial charge on any atom is 0.276 e. The van der Waals surface area contributed by atoms with Gasteiger partial charge in [-0.3, -0.25) is 14.9 Å². The second kappa shape index (κ2) is 8.80. The van der Waals surface area contributed by atoms with Gasteiger partial charge in [-0.15, -0.1) is 0 Å². The molecular formula is C21H21N3O3. The van der Waals surface area contributed by atoms with E-state index < -0.39 is 4.92 Å². The molecular weight excluding hydrogens is 342 g/mol. The van der Waals surface area contributed by atoms with Crippen LogP contribution in [0, 0.1) is 10.1 Å². The summed E-state index contributed by atoms with van der Waals surface area (Å²) in [5.41, 5.74) is 1.73. The minimum Gasteiger partial charge on any atom is -0.368 e. The van der Waals surface area contributed by atoms with Crippen molar-refractivity contribution in [3.05, 3.63) is 88.5 Å². The average molecular weight is 363 g/mol. The molecule has 0 atom stereocenters. The summed E-state index contributed by atoms with van der Waals surface area (Å²) < 4.78 is 0. The van der Waals surface area contributed by atoms with Crippen LogP contribution < -0.4 is 4.90 Å². The minimum atomic E-state index is -0.416. The highest BCUT2D eigenvalue weighted by Crippen LogP contribution is 2.19. The van der Waals surface area contributed by atoms with E-state index in [9.17, 15) is 14.9 Å². The lowest BCUT2D eigenvalue weighted by Crippen LogP contribution is -2.48. The number of amides is 1. The molecule has 1 aliphatic heterocycles. The van der Waals surface area contributed by atoms with Crippen molar-refractivity contribution in [1.82, 2.24) is 4.90 Å². The lowest BCUT2D eigenvalue weighted by molar-refractivity contribution is -0.385. The fraction of sp³-hybridized carbons (Fsp3) is 0.190. The molecule has 0 aromatic heterocycles. The first-order chi connectivity index (χ1) is 13.1. The number of para-hydroxylation sites is 2. The molecule has 0 N–H and O–H groups in total. The van der Waals surface area contributed by atoms with Crippen LogP contribution in [0.4, 0.5) is 11.4 Å². The highest BCUT2D eigenvalue weighted by molar-refractivity contribution is 5.88. The summed E-state index contributed by atoms with van der Waals surface area (Å²) in [5, 5.41) is 11.0. The highest BCUT2D eigenvalue weighted by Gasteiger charge is 2.19. The summed E-state index contributed by atoms with van der Waals surface area (Å²) in [6.45, 7) is 2.95. The van der Waals surface area contributed by atoms with Crippen molar-refractivity contribution in [2.24, 2.45) is 0 Å². The largest absolute Gasteiger partial charge is 0.368 e. The number of nitro benzene ring substituents is 1. The molecule has 0 unspecified atom stereocenters. The van der Waals surface area contributed by atoms with E-state index in [4.69, 9.17) is 0 Å². The predicted octanol–water partition coefficient (Wildman–Crippen LogP) is 3.51. The van der Waals surface area contributed by atoms with Gasteiger partial charge in [0.2, 0.25) is 5.91 Å². The molecule has 1 heterocycles. The summed E-state index contributed by atoms with van der Waals surface area (Å²) in [5.74, 6) is -0.0464. The van der Waals surface area contributed by atoms with Crippen molar-refractivity contribution >= 4 is 23.4 Å². The normalized spacial score (nSPS) is 14.8. The summed E-state index contributed by atoms with van der Waals surface area (Å²) in [4.78, 5) is 27.0. The lowest BCUT2D eigenvalue weighted by Gasteiger charge is -2.35. The quantitative estimate of drug-likeness (QED) is 0.353. The zero-order valence-electron chi connectivity index (χ0n) is 14.9. The third-order valence-corrected chi connectivity index (χ3v) is 4.47. The van der Waals surface area contributed by atoms with E-state index in [-0.39, 0.29) is 11.6 Å². The van der Waals surface area contributed by atoms with Gasteiger partial charge < -0.3 is 9.80 Å². The molecule has 27 heavy (non-hydrogen) atoms. The molecule has 1 fully saturated rings. The Hall–Kier alpha value is -3.41. The Morgan fingerprint density at radius 1 is 0.926 bits per heavy atom. The molecule has 0 radical (unpaired) electrons. The zero-order valence-corrected chi connectivity index (χ0v) is 14.9. The topological polar surface area (TPSA) is 66.7 Å². The van der Waals surface area contributed by atoms with Crippen molar-refractivity contribution in [2.75, 3.05) is 31.1 Å². The summed E-state index contributed by atoms with van der Waals surface area (Å²) in [6, 6.07) is 16.7. The Balaban J connectivity index is 1.53. The molecule has 1 saturated heterocycles. The molecule has 6 nitrogen and oxygen atoms in total. The zero-order chi connectivity index (χ0) is 19.1. The number of rotatable bonds is 5. The maximum absolute atomic E-state index is 12.3. The van der Waals surface area contributed by atoms with Crippen LogP contribution in [0.3, 0.4) is 0 Å². The number of nitro groups is 1. The molecule has 0 saturated carbocycles. The number of hydrogen-bond donors (Lipinski definition) is 0. The Bertz CT molecular complexity index is 854. The second-order valence-electron chi connectivity index (χ2n) is 6.18. The Morgan fingerprint density at radius 2 is 1.59 bits per heavy atom. The number of nitrogens with zero attached hydrogens (tertiary/aromatic N) is 3. The standard InChI is InChI=1S/C21H21N3O3/c25-21(13-7-5-9-18-8-4-6-12-20(18)24(26)27)23-16-14-22(15-17-23)19-10-2-1-3-11-19/h1-13H,14-17H2/b9-5+,13-7+. The van der Waals surface area contributed by atoms with Crippen molar-refractivity contribution in [2.45, 2.75) is 0 Å². The number of benzene rings is 2. The lowest BCUT2D eigenvalue weighted by atomic mass is 10.1. The minimum absolute atomic E-state index is 0.0464. The van der Waals surface area contributed by atoms with Crippen LogP contribution in [0.25, 0.3) is 6.08 Å². The van der Waals surface area contributed by atoms with Crippen LogP contribution in [0.5, 0.6) is 0 Å². The smallest absolute Gasteiger partial charge is 0.276 e. The van der Waals surface area contributed by atoms with Crippen LogP contribution in [-0.2, 0) is 4.79 Å². The van der Waals surface area contributed by atoms with E-state index in [2.05, 4.69) is 17.0 Å². The maximum atomic E-state index is 12.3. The summed E-state index contributed by atoms with van der Waals surface area (Å²) >= 11 is 0. The molecule has 0 aliphatic carbocycles. The predicted molar refractivity (Wildman–Crippen MR) is 107 cm³/mol. The van der Waals surface area contributed by atoms with Crippen molar-refractivity contribution < 1.29 is 9.72 Å². The van der Waals surface area contributed by atoms with Gasteiger partial charge in [-0.2, -0.15) is 0 Å². The molecule has 1 aliphatic rings. The monoisotopic (exact) mass is 363 g/mol. The number of carbonyl (C=O) groups excluding carboxylic acids is 1. The molecule has 1 amide bonds. The van der Waals surface area contributed by atoms with E-state index >= 15 is 0 Å². The SMILES string of the molecule is O=C(/C=C/C=C/c1ccccc1[N+](=O)[O-])N1CCN(c2ccccc2)CC1. The Kier molecular flexibility index (Phi) is 5.99. The number of piperazine rings is 1. The molecule has 6 heteroatoms. The van der Waals surface area contributed by atoms with Gasteiger partial charge >= 0.3 is 0 Å². The number of carbonyl (C=O) groups is 1. The van der Waals surface area contributed by atoms with Gasteiger partial charge in [0.15, 0.2) is 0 Å². The van der Waals surface area contributed by atoms with Crippen LogP contribution in [-0.4, -0.2) is 41.9 Å². The van der Waals surface area contributed by atoms with Crippen molar-refractivity contribution in [1.29, 1.82) is 0 Å². The first kappa shape index (κ1) is 18.4. The van der Waals surface area contributed by atoms with Gasteiger partial charge in [0.1, 0.15) is 0 Å². The number of allylic oxidation sites excluding steroid dienone is 2. The first-order valence-corrected chi connectivity index (χ1v) is 8.82. The fourth-order valence-electron chi connectivity index (χ4n) is 3.02. The van der Waals surface area contributed by atoms with E-state index in [1.54, 1.807) is 36.4 Å². The molecule has 0 spiro atoms. The van der Waals surface area contributed by atoms with Crippen molar-refractivity contribution in [3.63, 3.8) is 0 Å². The third-order valence-electron chi connectivity index (χ3n) is 4.47. The van der Waals surface area contributed by atoms with Gasteiger partial charge in [-0.25, -0.2) is 0 Å². The molecule has 2 aromatic rings. The van der Waals surface area contributed by atoms with E-state index in [0.717, 1.165) is 13.1 Å². The Morgan fingerprint density at radius 3 is 2.30 bits per heavy atom. The van der Waals surface area contributed by atoms with Gasteiger partial charge in [0, 0.05) is 44.0 Å². The Labute approximate surface area is 158 Å². The van der Waals surface area contributed by atoms with Gasteiger partial charge in [0.05, 0.1) is 10.5 Å². The highest BCUT2D eigenvalue weighted by atomic mass is 16.6. The summed E-state index contributed by atoms with van der Waals surface area (Å²) in [6.07, 6.45) is 6.42. The molecule has 3 rings (SSSR count). The van der Waals surface area contributed by atoms with E-state index in [1.807, 2.05) is 23.1 Å². The van der Waals surface area contributed by atoms with Crippen LogP contribution in [0.1, 0.15) is 5.56 Å². The van der Waals surface area contributed by atoms with Crippen molar-refractivity contribution in [3.8, 4) is 0 Å². The molecule has 2 aromatic carbocycles.